The molecule has 0 radical (unpaired) electrons. The molecule has 1 atom stereocenters. The van der Waals surface area contributed by atoms with Crippen molar-refractivity contribution in [2.24, 2.45) is 0 Å². The Labute approximate surface area is 151 Å². The van der Waals surface area contributed by atoms with Crippen molar-refractivity contribution in [2.45, 2.75) is 32.3 Å². The first-order valence-corrected chi connectivity index (χ1v) is 8.30. The highest BCUT2D eigenvalue weighted by Crippen LogP contribution is 2.28. The van der Waals surface area contributed by atoms with Gasteiger partial charge in [-0.3, -0.25) is 10.1 Å². The topological polar surface area (TPSA) is 91.1 Å². The summed E-state index contributed by atoms with van der Waals surface area (Å²) in [5, 5.41) is 20.7. The predicted molar refractivity (Wildman–Crippen MR) is 95.7 cm³/mol. The molecule has 3 rings (SSSR count). The Bertz CT molecular complexity index is 783. The lowest BCUT2D eigenvalue weighted by molar-refractivity contribution is -0.490. The van der Waals surface area contributed by atoms with Crippen LogP contribution in [0.3, 0.4) is 0 Å². The average molecular weight is 357 g/mol. The predicted octanol–water partition coefficient (Wildman–Crippen LogP) is 2.05. The molecule has 0 bridgehead atoms. The van der Waals surface area contributed by atoms with Crippen molar-refractivity contribution in [3.8, 4) is 5.75 Å². The average Bonchev–Trinajstić information content (AvgIpc) is 2.88. The van der Waals surface area contributed by atoms with E-state index in [1.807, 2.05) is 30.3 Å². The Kier molecular flexibility index (Phi) is 5.27. The second-order valence-corrected chi connectivity index (χ2v) is 6.56. The molecule has 8 heteroatoms. The van der Waals surface area contributed by atoms with Gasteiger partial charge in [-0.05, 0) is 28.7 Å². The van der Waals surface area contributed by atoms with Crippen LogP contribution in [0.1, 0.15) is 31.1 Å². The Morgan fingerprint density at radius 3 is 2.69 bits per heavy atom. The lowest BCUT2D eigenvalue weighted by Gasteiger charge is -2.27. The number of ether oxygens (including phenoxy) is 2. The van der Waals surface area contributed by atoms with E-state index in [1.54, 1.807) is 32.0 Å². The maximum atomic E-state index is 10.7. The van der Waals surface area contributed by atoms with E-state index in [2.05, 4.69) is 0 Å². The van der Waals surface area contributed by atoms with Crippen molar-refractivity contribution in [3.05, 3.63) is 69.8 Å². The number of hydrogen-bond donors (Lipinski definition) is 1. The van der Waals surface area contributed by atoms with Gasteiger partial charge in [-0.2, -0.15) is 0 Å². The zero-order chi connectivity index (χ0) is 18.7. The number of nitrogens with zero attached hydrogens (tertiary/aromatic N) is 1. The molecule has 136 valence electrons. The molecule has 0 aromatic heterocycles. The van der Waals surface area contributed by atoms with Gasteiger partial charge in [0.1, 0.15) is 11.9 Å². The zero-order valence-electron chi connectivity index (χ0n) is 14.6. The second kappa shape index (κ2) is 7.45. The summed E-state index contributed by atoms with van der Waals surface area (Å²) in [6.07, 6.45) is -0.758. The molecule has 1 N–H and O–H groups in total. The van der Waals surface area contributed by atoms with Gasteiger partial charge in [-0.25, -0.2) is 0 Å². The van der Waals surface area contributed by atoms with Crippen LogP contribution in [0.2, 0.25) is 0 Å². The lowest BCUT2D eigenvalue weighted by Crippen LogP contribution is -2.33. The van der Waals surface area contributed by atoms with E-state index < -0.39 is 30.5 Å². The van der Waals surface area contributed by atoms with Crippen LogP contribution in [0.4, 0.5) is 0 Å². The molecule has 0 spiro atoms. The van der Waals surface area contributed by atoms with E-state index in [4.69, 9.17) is 14.1 Å². The number of hydrogen-bond acceptors (Lipinski definition) is 6. The largest absolute Gasteiger partial charge is 0.492 e. The van der Waals surface area contributed by atoms with Crippen molar-refractivity contribution >= 4 is 12.6 Å². The molecule has 7 nitrogen and oxygen atoms in total. The standard InChI is InChI=1S/C18H20BNO6/c1-18(2,24-12-13-6-4-3-5-7-13)25-14-8-9-15-16(10-14)19(21)26-17(15)11-20(22)23/h3-10,17,21H,11-12H2,1-2H3. The number of rotatable bonds is 7. The molecule has 1 aliphatic rings. The minimum Gasteiger partial charge on any atom is -0.463 e. The summed E-state index contributed by atoms with van der Waals surface area (Å²) in [5.41, 5.74) is 2.11. The Balaban J connectivity index is 1.68. The van der Waals surface area contributed by atoms with Gasteiger partial charge in [0.2, 0.25) is 12.3 Å². The molecule has 2 aromatic rings. The van der Waals surface area contributed by atoms with Gasteiger partial charge in [0.05, 0.1) is 6.61 Å². The van der Waals surface area contributed by atoms with Crippen molar-refractivity contribution in [3.63, 3.8) is 0 Å². The Morgan fingerprint density at radius 1 is 1.27 bits per heavy atom. The molecule has 1 heterocycles. The first kappa shape index (κ1) is 18.4. The highest BCUT2D eigenvalue weighted by molar-refractivity contribution is 6.61. The number of benzene rings is 2. The van der Waals surface area contributed by atoms with Crippen LogP contribution in [0.5, 0.6) is 5.75 Å². The van der Waals surface area contributed by atoms with Crippen molar-refractivity contribution in [2.75, 3.05) is 6.54 Å². The molecule has 2 aromatic carbocycles. The third kappa shape index (κ3) is 4.40. The first-order chi connectivity index (χ1) is 12.3. The minimum atomic E-state index is -1.20. The normalized spacial score (nSPS) is 16.4. The van der Waals surface area contributed by atoms with Gasteiger partial charge in [0.25, 0.3) is 0 Å². The molecular formula is C18H20BNO6. The fraction of sp³-hybridized carbons (Fsp3) is 0.333. The third-order valence-electron chi connectivity index (χ3n) is 4.07. The zero-order valence-corrected chi connectivity index (χ0v) is 14.6. The van der Waals surface area contributed by atoms with E-state index in [0.717, 1.165) is 5.56 Å². The number of fused-ring (bicyclic) bond motifs is 1. The van der Waals surface area contributed by atoms with Crippen LogP contribution >= 0.6 is 0 Å². The summed E-state index contributed by atoms with van der Waals surface area (Å²) >= 11 is 0. The van der Waals surface area contributed by atoms with Gasteiger partial charge in [-0.1, -0.05) is 36.4 Å². The van der Waals surface area contributed by atoms with Gasteiger partial charge in [0.15, 0.2) is 0 Å². The maximum Gasteiger partial charge on any atom is 0.492 e. The van der Waals surface area contributed by atoms with Crippen molar-refractivity contribution in [1.29, 1.82) is 0 Å². The van der Waals surface area contributed by atoms with Gasteiger partial charge in [0, 0.05) is 18.8 Å². The van der Waals surface area contributed by atoms with Crippen molar-refractivity contribution < 1.29 is 24.1 Å². The van der Waals surface area contributed by atoms with Crippen LogP contribution in [-0.4, -0.2) is 29.4 Å². The summed E-state index contributed by atoms with van der Waals surface area (Å²) in [6.45, 7) is 3.60. The maximum absolute atomic E-state index is 10.7. The highest BCUT2D eigenvalue weighted by atomic mass is 16.7. The third-order valence-corrected chi connectivity index (χ3v) is 4.07. The van der Waals surface area contributed by atoms with Crippen molar-refractivity contribution in [1.82, 2.24) is 0 Å². The molecule has 0 fully saturated rings. The van der Waals surface area contributed by atoms with E-state index in [1.165, 1.54) is 0 Å². The Hall–Kier alpha value is -2.42. The van der Waals surface area contributed by atoms with Crippen LogP contribution in [0, 0.1) is 10.1 Å². The van der Waals surface area contributed by atoms with E-state index in [0.29, 0.717) is 23.4 Å². The minimum absolute atomic E-state index is 0.393. The van der Waals surface area contributed by atoms with E-state index in [-0.39, 0.29) is 0 Å². The Morgan fingerprint density at radius 2 is 2.00 bits per heavy atom. The van der Waals surface area contributed by atoms with Gasteiger partial charge >= 0.3 is 7.12 Å². The molecular weight excluding hydrogens is 337 g/mol. The molecule has 0 saturated heterocycles. The fourth-order valence-electron chi connectivity index (χ4n) is 2.85. The second-order valence-electron chi connectivity index (χ2n) is 6.56. The smallest absolute Gasteiger partial charge is 0.463 e. The highest BCUT2D eigenvalue weighted by Gasteiger charge is 2.38. The summed E-state index contributed by atoms with van der Waals surface area (Å²) in [4.78, 5) is 10.3. The van der Waals surface area contributed by atoms with Crippen LogP contribution in [0.25, 0.3) is 0 Å². The molecule has 1 unspecified atom stereocenters. The molecule has 0 amide bonds. The van der Waals surface area contributed by atoms with Crippen LogP contribution in [0.15, 0.2) is 48.5 Å². The number of nitro groups is 1. The monoisotopic (exact) mass is 357 g/mol. The quantitative estimate of drug-likeness (QED) is 0.353. The lowest BCUT2D eigenvalue weighted by atomic mass is 9.79. The summed E-state index contributed by atoms with van der Waals surface area (Å²) in [6, 6.07) is 14.8. The molecule has 0 aliphatic carbocycles. The summed E-state index contributed by atoms with van der Waals surface area (Å²) < 4.78 is 17.0. The van der Waals surface area contributed by atoms with Gasteiger partial charge < -0.3 is 19.2 Å². The SMILES string of the molecule is CC(C)(OCc1ccccc1)Oc1ccc2c(c1)B(O)OC2C[N+](=O)[O-]. The molecule has 1 aliphatic heterocycles. The van der Waals surface area contributed by atoms with Crippen LogP contribution < -0.4 is 10.2 Å². The van der Waals surface area contributed by atoms with Crippen LogP contribution in [-0.2, 0) is 16.0 Å². The van der Waals surface area contributed by atoms with Gasteiger partial charge in [-0.15, -0.1) is 0 Å². The molecule has 26 heavy (non-hydrogen) atoms. The first-order valence-electron chi connectivity index (χ1n) is 8.30. The molecule has 0 saturated carbocycles. The summed E-state index contributed by atoms with van der Waals surface area (Å²) in [7, 11) is -1.20. The van der Waals surface area contributed by atoms with E-state index >= 15 is 0 Å². The fourth-order valence-corrected chi connectivity index (χ4v) is 2.85. The summed E-state index contributed by atoms with van der Waals surface area (Å²) in [5.74, 6) is -0.402. The van der Waals surface area contributed by atoms with E-state index in [9.17, 15) is 15.1 Å².